The predicted molar refractivity (Wildman–Crippen MR) is 136 cm³/mol. The van der Waals surface area contributed by atoms with E-state index in [2.05, 4.69) is 15.5 Å². The maximum atomic E-state index is 12.7. The highest BCUT2D eigenvalue weighted by molar-refractivity contribution is 8.00. The summed E-state index contributed by atoms with van der Waals surface area (Å²) in [6, 6.07) is -0.817. The summed E-state index contributed by atoms with van der Waals surface area (Å²) in [4.78, 5) is 59.8. The van der Waals surface area contributed by atoms with E-state index in [0.29, 0.717) is 0 Å². The second kappa shape index (κ2) is 12.9. The fourth-order valence-corrected chi connectivity index (χ4v) is 5.07. The van der Waals surface area contributed by atoms with Crippen molar-refractivity contribution in [1.29, 1.82) is 0 Å². The molecule has 2 amide bonds. The molecule has 2 aliphatic heterocycles. The Labute approximate surface area is 222 Å². The zero-order valence-corrected chi connectivity index (χ0v) is 22.5. The van der Waals surface area contributed by atoms with Crippen molar-refractivity contribution in [3.63, 3.8) is 0 Å². The number of nitrogens with one attached hydrogen (secondary N) is 1. The number of carbonyl (C=O) groups excluding carboxylic acids is 4. The summed E-state index contributed by atoms with van der Waals surface area (Å²) in [5.74, 6) is -2.07. The van der Waals surface area contributed by atoms with E-state index in [4.69, 9.17) is 20.0 Å². The highest BCUT2D eigenvalue weighted by atomic mass is 35.5. The fourth-order valence-electron chi connectivity index (χ4n) is 3.28. The molecule has 0 bridgehead atoms. The van der Waals surface area contributed by atoms with Crippen LogP contribution in [0, 0.1) is 11.8 Å². The number of hydrogen-bond acceptors (Lipinski definition) is 12. The number of carbonyl (C=O) groups is 4. The molecule has 1 fully saturated rings. The van der Waals surface area contributed by atoms with Gasteiger partial charge in [0.25, 0.3) is 11.8 Å². The van der Waals surface area contributed by atoms with Crippen molar-refractivity contribution in [3.8, 4) is 0 Å². The molecule has 36 heavy (non-hydrogen) atoms. The minimum absolute atomic E-state index is 0. The Morgan fingerprint density at radius 1 is 1.33 bits per heavy atom. The summed E-state index contributed by atoms with van der Waals surface area (Å²) in [5, 5.41) is 7.75. The number of halogens is 1. The van der Waals surface area contributed by atoms with Crippen LogP contribution < -0.4 is 11.1 Å². The van der Waals surface area contributed by atoms with Crippen molar-refractivity contribution in [2.45, 2.75) is 38.6 Å². The molecule has 3 N–H and O–H groups in total. The highest BCUT2D eigenvalue weighted by Crippen LogP contribution is 2.36. The molecule has 0 aromatic carbocycles. The zero-order chi connectivity index (χ0) is 25.7. The molecule has 4 atom stereocenters. The van der Waals surface area contributed by atoms with Crippen LogP contribution in [0.3, 0.4) is 0 Å². The third-order valence-corrected chi connectivity index (χ3v) is 7.75. The van der Waals surface area contributed by atoms with Crippen molar-refractivity contribution >= 4 is 70.1 Å². The number of aromatic nitrogens is 1. The van der Waals surface area contributed by atoms with Crippen molar-refractivity contribution in [2.24, 2.45) is 17.0 Å². The summed E-state index contributed by atoms with van der Waals surface area (Å²) in [5.41, 5.74) is 5.99. The van der Waals surface area contributed by atoms with E-state index in [1.165, 1.54) is 30.0 Å². The lowest BCUT2D eigenvalue weighted by Gasteiger charge is -2.47. The van der Waals surface area contributed by atoms with E-state index in [1.807, 2.05) is 13.8 Å². The Bertz CT molecular complexity index is 1060. The van der Waals surface area contributed by atoms with Crippen LogP contribution in [0.5, 0.6) is 0 Å². The number of amides is 2. The molecule has 0 aliphatic carbocycles. The molecule has 1 saturated heterocycles. The van der Waals surface area contributed by atoms with E-state index in [-0.39, 0.29) is 52.1 Å². The van der Waals surface area contributed by atoms with Crippen LogP contribution >= 0.6 is 35.5 Å². The number of anilines is 1. The van der Waals surface area contributed by atoms with Gasteiger partial charge in [-0.25, -0.2) is 9.78 Å². The molecule has 198 valence electrons. The van der Waals surface area contributed by atoms with Gasteiger partial charge in [0.05, 0.1) is 11.5 Å². The van der Waals surface area contributed by atoms with Crippen LogP contribution in [-0.2, 0) is 33.5 Å². The van der Waals surface area contributed by atoms with Gasteiger partial charge >= 0.3 is 11.9 Å². The monoisotopic (exact) mass is 561 g/mol. The van der Waals surface area contributed by atoms with Crippen LogP contribution in [0.4, 0.5) is 5.13 Å². The number of nitrogen functional groups attached to an aromatic ring is 1. The average molecular weight is 562 g/mol. The summed E-state index contributed by atoms with van der Waals surface area (Å²) in [6.07, 6.45) is 2.22. The normalized spacial score (nSPS) is 20.6. The number of fused-ring (bicyclic) bond motifs is 1. The second-order valence-corrected chi connectivity index (χ2v) is 9.93. The van der Waals surface area contributed by atoms with Crippen LogP contribution in [-0.4, -0.2) is 70.4 Å². The number of oxime groups is 1. The van der Waals surface area contributed by atoms with Crippen LogP contribution in [0.25, 0.3) is 0 Å². The molecule has 0 spiro atoms. The Morgan fingerprint density at radius 3 is 2.67 bits per heavy atom. The lowest BCUT2D eigenvalue weighted by atomic mass is 9.94. The number of thioether (sulfide) groups is 1. The first-order valence-corrected chi connectivity index (χ1v) is 12.7. The predicted octanol–water partition coefficient (Wildman–Crippen LogP) is 1.51. The van der Waals surface area contributed by atoms with Crippen LogP contribution in [0.1, 0.15) is 32.9 Å². The van der Waals surface area contributed by atoms with Crippen LogP contribution in [0.15, 0.2) is 22.3 Å². The smallest absolute Gasteiger partial charge is 0.339 e. The minimum Gasteiger partial charge on any atom is -0.428 e. The number of ether oxygens (including phenoxy) is 2. The van der Waals surface area contributed by atoms with Gasteiger partial charge in [-0.3, -0.25) is 14.4 Å². The number of nitrogens with two attached hydrogens (primary N) is 1. The first-order valence-electron chi connectivity index (χ1n) is 10.8. The fraction of sp³-hybridized carbons (Fsp3) is 0.524. The van der Waals surface area contributed by atoms with Gasteiger partial charge in [0, 0.05) is 17.3 Å². The van der Waals surface area contributed by atoms with Crippen molar-refractivity contribution < 1.29 is 33.5 Å². The van der Waals surface area contributed by atoms with Gasteiger partial charge in [0.15, 0.2) is 10.8 Å². The van der Waals surface area contributed by atoms with Gasteiger partial charge < -0.3 is 30.3 Å². The topological polar surface area (TPSA) is 163 Å². The number of hydrogen-bond donors (Lipinski definition) is 2. The number of β-lactam (4-membered cyclic amide) rings is 1. The Morgan fingerprint density at radius 2 is 2.06 bits per heavy atom. The third-order valence-electron chi connectivity index (χ3n) is 5.76. The number of nitrogens with zero attached hydrogens (tertiary/aromatic N) is 3. The molecule has 1 aromatic heterocycles. The number of esters is 2. The molecule has 2 aliphatic rings. The van der Waals surface area contributed by atoms with Crippen molar-refractivity contribution in [2.75, 3.05) is 25.4 Å². The number of rotatable bonds is 10. The SMILES string of the molecule is CCC(C)C(C)C(=O)OCOC(=O)C1=CN2C(=O)C(NC(=O)C(=NOC)c3csc(N)n3)[C@H]2SC1.Cl. The lowest BCUT2D eigenvalue weighted by molar-refractivity contribution is -0.168. The van der Waals surface area contributed by atoms with Gasteiger partial charge in [-0.2, -0.15) is 0 Å². The molecule has 12 nitrogen and oxygen atoms in total. The first kappa shape index (κ1) is 29.4. The molecule has 0 radical (unpaired) electrons. The van der Waals surface area contributed by atoms with E-state index in [1.54, 1.807) is 12.3 Å². The number of thiazole rings is 1. The van der Waals surface area contributed by atoms with Gasteiger partial charge in [-0.15, -0.1) is 35.5 Å². The summed E-state index contributed by atoms with van der Waals surface area (Å²) in [6.45, 7) is 5.18. The lowest BCUT2D eigenvalue weighted by Crippen LogP contribution is -2.69. The zero-order valence-electron chi connectivity index (χ0n) is 20.1. The standard InChI is InChI=1S/C21H27N5O7S2.ClH/c1-5-10(2)11(3)19(29)32-9-33-20(30)12-6-26-17(28)15(18(26)34-7-12)24-16(27)14(25-31-4)13-8-35-21(22)23-13;/h6,8,10-11,15,18H,5,7,9H2,1-4H3,(H2,22,23)(H,24,27);1H/t10?,11?,15?,18-;/m1./s1. The molecule has 3 unspecified atom stereocenters. The highest BCUT2D eigenvalue weighted by Gasteiger charge is 2.50. The van der Waals surface area contributed by atoms with Crippen molar-refractivity contribution in [1.82, 2.24) is 15.2 Å². The van der Waals surface area contributed by atoms with Gasteiger partial charge in [-0.05, 0) is 5.92 Å². The van der Waals surface area contributed by atoms with E-state index >= 15 is 0 Å². The minimum atomic E-state index is -0.817. The van der Waals surface area contributed by atoms with E-state index in [9.17, 15) is 19.2 Å². The largest absolute Gasteiger partial charge is 0.428 e. The van der Waals surface area contributed by atoms with Gasteiger partial charge in [-0.1, -0.05) is 32.3 Å². The average Bonchev–Trinajstić information content (AvgIpc) is 3.29. The molecule has 3 rings (SSSR count). The maximum Gasteiger partial charge on any atom is 0.339 e. The Hall–Kier alpha value is -2.84. The van der Waals surface area contributed by atoms with Crippen LogP contribution in [0.2, 0.25) is 0 Å². The summed E-state index contributed by atoms with van der Waals surface area (Å²) in [7, 11) is 1.29. The van der Waals surface area contributed by atoms with E-state index in [0.717, 1.165) is 17.8 Å². The summed E-state index contributed by atoms with van der Waals surface area (Å²) >= 11 is 2.43. The van der Waals surface area contributed by atoms with Gasteiger partial charge in [0.1, 0.15) is 24.2 Å². The summed E-state index contributed by atoms with van der Waals surface area (Å²) < 4.78 is 10.1. The van der Waals surface area contributed by atoms with Crippen molar-refractivity contribution in [3.05, 3.63) is 22.8 Å². The molecule has 3 heterocycles. The molecule has 15 heteroatoms. The second-order valence-electron chi connectivity index (χ2n) is 7.93. The molecular formula is C21H28ClN5O7S2. The quantitative estimate of drug-likeness (QED) is 0.141. The maximum absolute atomic E-state index is 12.7. The molecule has 0 saturated carbocycles. The Kier molecular flexibility index (Phi) is 10.5. The molecule has 1 aromatic rings. The Balaban J connectivity index is 0.00000456. The first-order chi connectivity index (χ1) is 16.7. The van der Waals surface area contributed by atoms with E-state index < -0.39 is 42.0 Å². The molecular weight excluding hydrogens is 534 g/mol. The van der Waals surface area contributed by atoms with Gasteiger partial charge in [0.2, 0.25) is 6.79 Å². The third kappa shape index (κ3) is 6.48.